The summed E-state index contributed by atoms with van der Waals surface area (Å²) in [6, 6.07) is 14.0. The number of hydrogen-bond acceptors (Lipinski definition) is 6. The molecule has 0 heterocycles. The van der Waals surface area contributed by atoms with Crippen molar-refractivity contribution in [2.24, 2.45) is 0 Å². The number of hydrogen-bond donors (Lipinski definition) is 1. The van der Waals surface area contributed by atoms with Gasteiger partial charge >= 0.3 is 0 Å². The number of halogens is 3. The fourth-order valence-corrected chi connectivity index (χ4v) is 6.00. The van der Waals surface area contributed by atoms with Gasteiger partial charge in [-0.15, -0.1) is 0 Å². The standard InChI is InChI=1S/C28H30Cl3N3O6S/c1-5-32-28(36)18(2)33(16-19-6-7-21(30)14-24(19)31)27(35)17-34(22-10-8-20(29)9-11-22)41(37,38)23-12-13-25(39-3)26(15-23)40-4/h6-15,18H,5,16-17H2,1-4H3,(H,32,36)/t18-/m0/s1. The van der Waals surface area contributed by atoms with Crippen molar-refractivity contribution in [3.8, 4) is 11.5 Å². The minimum absolute atomic E-state index is 0.0714. The van der Waals surface area contributed by atoms with Crippen LogP contribution in [0.15, 0.2) is 65.6 Å². The maximum absolute atomic E-state index is 14.0. The van der Waals surface area contributed by atoms with Gasteiger partial charge in [-0.05, 0) is 67.9 Å². The molecule has 0 bridgehead atoms. The van der Waals surface area contributed by atoms with Crippen LogP contribution in [0, 0.1) is 0 Å². The second-order valence-corrected chi connectivity index (χ2v) is 12.0. The normalized spacial score (nSPS) is 11.9. The van der Waals surface area contributed by atoms with E-state index in [1.807, 2.05) is 0 Å². The number of methoxy groups -OCH3 is 2. The van der Waals surface area contributed by atoms with Crippen molar-refractivity contribution in [2.75, 3.05) is 31.6 Å². The number of benzene rings is 3. The lowest BCUT2D eigenvalue weighted by atomic mass is 10.1. The predicted octanol–water partition coefficient (Wildman–Crippen LogP) is 5.41. The van der Waals surface area contributed by atoms with Crippen LogP contribution in [0.2, 0.25) is 15.1 Å². The predicted molar refractivity (Wildman–Crippen MR) is 161 cm³/mol. The van der Waals surface area contributed by atoms with Gasteiger partial charge in [0.1, 0.15) is 12.6 Å². The molecule has 3 rings (SSSR count). The maximum atomic E-state index is 14.0. The summed E-state index contributed by atoms with van der Waals surface area (Å²) in [6.45, 7) is 2.95. The first kappa shape index (κ1) is 32.3. The van der Waals surface area contributed by atoms with Crippen molar-refractivity contribution in [1.29, 1.82) is 0 Å². The van der Waals surface area contributed by atoms with E-state index < -0.39 is 34.4 Å². The highest BCUT2D eigenvalue weighted by molar-refractivity contribution is 7.92. The third-order valence-electron chi connectivity index (χ3n) is 6.21. The molecule has 0 radical (unpaired) electrons. The Morgan fingerprint density at radius 3 is 2.12 bits per heavy atom. The van der Waals surface area contributed by atoms with Crippen molar-refractivity contribution < 1.29 is 27.5 Å². The minimum atomic E-state index is -4.33. The number of ether oxygens (including phenoxy) is 2. The molecule has 0 aliphatic heterocycles. The van der Waals surface area contributed by atoms with Crippen LogP contribution in [-0.2, 0) is 26.2 Å². The van der Waals surface area contributed by atoms with E-state index in [2.05, 4.69) is 5.32 Å². The van der Waals surface area contributed by atoms with Crippen molar-refractivity contribution in [1.82, 2.24) is 10.2 Å². The summed E-state index contributed by atoms with van der Waals surface area (Å²) in [5, 5.41) is 3.79. The highest BCUT2D eigenvalue weighted by Gasteiger charge is 2.33. The van der Waals surface area contributed by atoms with Gasteiger partial charge in [-0.25, -0.2) is 8.42 Å². The van der Waals surface area contributed by atoms with E-state index in [4.69, 9.17) is 44.3 Å². The summed E-state index contributed by atoms with van der Waals surface area (Å²) < 4.78 is 39.5. The fraction of sp³-hybridized carbons (Fsp3) is 0.286. The Morgan fingerprint density at radius 1 is 0.902 bits per heavy atom. The third-order valence-corrected chi connectivity index (χ3v) is 8.82. The number of sulfonamides is 1. The number of anilines is 1. The maximum Gasteiger partial charge on any atom is 0.264 e. The minimum Gasteiger partial charge on any atom is -0.493 e. The van der Waals surface area contributed by atoms with E-state index in [0.29, 0.717) is 32.9 Å². The lowest BCUT2D eigenvalue weighted by Gasteiger charge is -2.32. The zero-order valence-electron chi connectivity index (χ0n) is 22.9. The molecular formula is C28H30Cl3N3O6S. The number of nitrogens with zero attached hydrogens (tertiary/aromatic N) is 2. The Balaban J connectivity index is 2.08. The van der Waals surface area contributed by atoms with E-state index in [1.54, 1.807) is 26.0 Å². The summed E-state index contributed by atoms with van der Waals surface area (Å²) in [5.74, 6) is -0.525. The van der Waals surface area contributed by atoms with E-state index >= 15 is 0 Å². The Morgan fingerprint density at radius 2 is 1.54 bits per heavy atom. The lowest BCUT2D eigenvalue weighted by molar-refractivity contribution is -0.139. The van der Waals surface area contributed by atoms with Gasteiger partial charge in [-0.3, -0.25) is 13.9 Å². The van der Waals surface area contributed by atoms with Gasteiger partial charge in [0.2, 0.25) is 11.8 Å². The van der Waals surface area contributed by atoms with Crippen LogP contribution in [0.1, 0.15) is 19.4 Å². The molecular weight excluding hydrogens is 613 g/mol. The molecule has 13 heteroatoms. The summed E-state index contributed by atoms with van der Waals surface area (Å²) in [4.78, 5) is 27.9. The molecule has 1 atom stereocenters. The Labute approximate surface area is 254 Å². The van der Waals surface area contributed by atoms with Crippen LogP contribution in [0.5, 0.6) is 11.5 Å². The number of carbonyl (C=O) groups excluding carboxylic acids is 2. The number of nitrogens with one attached hydrogen (secondary N) is 1. The molecule has 0 saturated carbocycles. The number of carbonyl (C=O) groups is 2. The third kappa shape index (κ3) is 7.77. The second kappa shape index (κ2) is 14.1. The number of rotatable bonds is 12. The molecule has 1 N–H and O–H groups in total. The van der Waals surface area contributed by atoms with E-state index in [-0.39, 0.29) is 22.9 Å². The van der Waals surface area contributed by atoms with E-state index in [0.717, 1.165) is 4.31 Å². The molecule has 0 unspecified atom stereocenters. The summed E-state index contributed by atoms with van der Waals surface area (Å²) in [6.07, 6.45) is 0. The summed E-state index contributed by atoms with van der Waals surface area (Å²) in [7, 11) is -1.51. The summed E-state index contributed by atoms with van der Waals surface area (Å²) >= 11 is 18.5. The molecule has 0 aliphatic rings. The SMILES string of the molecule is CCNC(=O)[C@H](C)N(Cc1ccc(Cl)cc1Cl)C(=O)CN(c1ccc(Cl)cc1)S(=O)(=O)c1ccc(OC)c(OC)c1. The van der Waals surface area contributed by atoms with Gasteiger partial charge in [0.15, 0.2) is 11.5 Å². The Kier molecular flexibility index (Phi) is 11.1. The largest absolute Gasteiger partial charge is 0.493 e. The quantitative estimate of drug-likeness (QED) is 0.283. The van der Waals surface area contributed by atoms with Gasteiger partial charge < -0.3 is 19.7 Å². The molecule has 2 amide bonds. The molecule has 0 fully saturated rings. The van der Waals surface area contributed by atoms with Crippen molar-refractivity contribution >= 4 is 62.3 Å². The van der Waals surface area contributed by atoms with Gasteiger partial charge in [-0.1, -0.05) is 40.9 Å². The molecule has 0 aliphatic carbocycles. The number of likely N-dealkylation sites (N-methyl/N-ethyl adjacent to an activating group) is 1. The second-order valence-electron chi connectivity index (χ2n) is 8.83. The lowest BCUT2D eigenvalue weighted by Crippen LogP contribution is -2.51. The van der Waals surface area contributed by atoms with Crippen LogP contribution in [0.3, 0.4) is 0 Å². The first-order valence-corrected chi connectivity index (χ1v) is 15.0. The smallest absolute Gasteiger partial charge is 0.264 e. The molecule has 41 heavy (non-hydrogen) atoms. The van der Waals surface area contributed by atoms with E-state index in [9.17, 15) is 18.0 Å². The first-order chi connectivity index (χ1) is 19.4. The zero-order chi connectivity index (χ0) is 30.3. The van der Waals surface area contributed by atoms with Crippen LogP contribution in [0.4, 0.5) is 5.69 Å². The Bertz CT molecular complexity index is 1500. The fourth-order valence-electron chi connectivity index (χ4n) is 3.98. The van der Waals surface area contributed by atoms with Gasteiger partial charge in [0, 0.05) is 34.2 Å². The average Bonchev–Trinajstić information content (AvgIpc) is 2.95. The molecule has 0 aromatic heterocycles. The molecule has 220 valence electrons. The molecule has 0 saturated heterocycles. The highest BCUT2D eigenvalue weighted by Crippen LogP contribution is 2.33. The van der Waals surface area contributed by atoms with Gasteiger partial charge in [-0.2, -0.15) is 0 Å². The Hall–Kier alpha value is -3.18. The van der Waals surface area contributed by atoms with Crippen LogP contribution in [0.25, 0.3) is 0 Å². The van der Waals surface area contributed by atoms with Crippen molar-refractivity contribution in [3.05, 3.63) is 81.3 Å². The topological polar surface area (TPSA) is 105 Å². The van der Waals surface area contributed by atoms with Gasteiger partial charge in [0.25, 0.3) is 10.0 Å². The zero-order valence-corrected chi connectivity index (χ0v) is 25.9. The van der Waals surface area contributed by atoms with Crippen LogP contribution >= 0.6 is 34.8 Å². The van der Waals surface area contributed by atoms with Crippen LogP contribution < -0.4 is 19.1 Å². The van der Waals surface area contributed by atoms with Crippen LogP contribution in [-0.4, -0.2) is 58.5 Å². The first-order valence-electron chi connectivity index (χ1n) is 12.4. The van der Waals surface area contributed by atoms with Crippen molar-refractivity contribution in [2.45, 2.75) is 31.3 Å². The molecule has 0 spiro atoms. The number of amides is 2. The molecule has 9 nitrogen and oxygen atoms in total. The monoisotopic (exact) mass is 641 g/mol. The average molecular weight is 643 g/mol. The van der Waals surface area contributed by atoms with Crippen molar-refractivity contribution in [3.63, 3.8) is 0 Å². The molecule has 3 aromatic rings. The molecule has 3 aromatic carbocycles. The highest BCUT2D eigenvalue weighted by atomic mass is 35.5. The summed E-state index contributed by atoms with van der Waals surface area (Å²) in [5.41, 5.74) is 0.717. The van der Waals surface area contributed by atoms with E-state index in [1.165, 1.54) is 67.7 Å². The van der Waals surface area contributed by atoms with Gasteiger partial charge in [0.05, 0.1) is 24.8 Å².